The second-order valence-corrected chi connectivity index (χ2v) is 3.53. The van der Waals surface area contributed by atoms with Crippen molar-refractivity contribution >= 4 is 5.78 Å². The summed E-state index contributed by atoms with van der Waals surface area (Å²) in [6.45, 7) is 7.95. The molecule has 0 fully saturated rings. The molecule has 0 aromatic heterocycles. The molecule has 0 saturated heterocycles. The highest BCUT2D eigenvalue weighted by Crippen LogP contribution is 2.17. The number of allylic oxidation sites excluding steroid dienone is 1. The van der Waals surface area contributed by atoms with Gasteiger partial charge in [0.25, 0.3) is 0 Å². The van der Waals surface area contributed by atoms with Crippen molar-refractivity contribution in [3.63, 3.8) is 0 Å². The second kappa shape index (κ2) is 4.75. The van der Waals surface area contributed by atoms with E-state index in [1.165, 1.54) is 0 Å². The molecule has 0 aliphatic carbocycles. The van der Waals surface area contributed by atoms with E-state index in [9.17, 15) is 4.79 Å². The molecule has 1 rings (SSSR count). The van der Waals surface area contributed by atoms with Crippen LogP contribution in [0.5, 0.6) is 0 Å². The lowest BCUT2D eigenvalue weighted by molar-refractivity contribution is 0.102. The fraction of sp³-hybridized carbons (Fsp3) is 0.308. The normalized spacial score (nSPS) is 12.1. The van der Waals surface area contributed by atoms with Crippen molar-refractivity contribution in [3.05, 3.63) is 48.0 Å². The van der Waals surface area contributed by atoms with Gasteiger partial charge in [-0.25, -0.2) is 0 Å². The maximum absolute atomic E-state index is 11.8. The van der Waals surface area contributed by atoms with Crippen LogP contribution in [0, 0.1) is 5.92 Å². The summed E-state index contributed by atoms with van der Waals surface area (Å²) in [6.07, 6.45) is 0.956. The van der Waals surface area contributed by atoms with E-state index in [-0.39, 0.29) is 11.7 Å². The number of carbonyl (C=O) groups excluding carboxylic acids is 1. The van der Waals surface area contributed by atoms with Gasteiger partial charge in [0.2, 0.25) is 0 Å². The molecule has 0 N–H and O–H groups in total. The molecule has 1 aromatic carbocycles. The van der Waals surface area contributed by atoms with Crippen LogP contribution in [0.1, 0.15) is 30.6 Å². The van der Waals surface area contributed by atoms with E-state index in [0.29, 0.717) is 5.57 Å². The summed E-state index contributed by atoms with van der Waals surface area (Å²) in [6, 6.07) is 9.31. The van der Waals surface area contributed by atoms with Crippen molar-refractivity contribution < 1.29 is 4.79 Å². The first-order valence-corrected chi connectivity index (χ1v) is 4.95. The second-order valence-electron chi connectivity index (χ2n) is 3.53. The van der Waals surface area contributed by atoms with Crippen LogP contribution in [0.4, 0.5) is 0 Å². The summed E-state index contributed by atoms with van der Waals surface area (Å²) in [5.74, 6) is 0.336. The van der Waals surface area contributed by atoms with Gasteiger partial charge in [-0.3, -0.25) is 4.79 Å². The summed E-state index contributed by atoms with van der Waals surface area (Å²) in [7, 11) is 0. The largest absolute Gasteiger partial charge is 0.289 e. The molecular weight excluding hydrogens is 172 g/mol. The molecular formula is C13H16O. The Morgan fingerprint density at radius 2 is 1.93 bits per heavy atom. The van der Waals surface area contributed by atoms with Crippen molar-refractivity contribution in [1.29, 1.82) is 0 Å². The highest BCUT2D eigenvalue weighted by atomic mass is 16.1. The van der Waals surface area contributed by atoms with Crippen LogP contribution in [-0.4, -0.2) is 5.78 Å². The maximum Gasteiger partial charge on any atom is 0.188 e. The number of carbonyl (C=O) groups is 1. The molecule has 74 valence electrons. The van der Waals surface area contributed by atoms with Gasteiger partial charge in [-0.1, -0.05) is 50.8 Å². The lowest BCUT2D eigenvalue weighted by Crippen LogP contribution is -2.09. The molecule has 1 heteroatoms. The Balaban J connectivity index is 2.82. The zero-order valence-corrected chi connectivity index (χ0v) is 8.79. The predicted molar refractivity (Wildman–Crippen MR) is 59.4 cm³/mol. The van der Waals surface area contributed by atoms with Crippen molar-refractivity contribution in [2.75, 3.05) is 0 Å². The van der Waals surface area contributed by atoms with Gasteiger partial charge in [0.1, 0.15) is 0 Å². The Bertz CT molecular complexity index is 324. The van der Waals surface area contributed by atoms with Crippen LogP contribution in [0.25, 0.3) is 0 Å². The molecule has 0 spiro atoms. The third kappa shape index (κ3) is 2.32. The molecule has 1 nitrogen and oxygen atoms in total. The van der Waals surface area contributed by atoms with E-state index >= 15 is 0 Å². The first-order chi connectivity index (χ1) is 6.66. The third-order valence-electron chi connectivity index (χ3n) is 2.53. The number of hydrogen-bond acceptors (Lipinski definition) is 1. The van der Waals surface area contributed by atoms with Crippen molar-refractivity contribution in [2.24, 2.45) is 5.92 Å². The predicted octanol–water partition coefficient (Wildman–Crippen LogP) is 3.47. The number of rotatable bonds is 4. The summed E-state index contributed by atoms with van der Waals surface area (Å²) in [4.78, 5) is 11.8. The van der Waals surface area contributed by atoms with Gasteiger partial charge in [-0.05, 0) is 17.9 Å². The van der Waals surface area contributed by atoms with E-state index in [1.807, 2.05) is 37.3 Å². The Labute approximate surface area is 85.5 Å². The number of Topliss-reactive ketones (excluding diaryl/α,β-unsaturated/α-hetero) is 1. The Hall–Kier alpha value is -1.37. The summed E-state index contributed by atoms with van der Waals surface area (Å²) in [5, 5.41) is 0. The first-order valence-electron chi connectivity index (χ1n) is 4.95. The molecule has 1 aromatic rings. The number of hydrogen-bond donors (Lipinski definition) is 0. The summed E-state index contributed by atoms with van der Waals surface area (Å²) in [5.41, 5.74) is 1.44. The van der Waals surface area contributed by atoms with Crippen LogP contribution in [0.3, 0.4) is 0 Å². The molecule has 14 heavy (non-hydrogen) atoms. The van der Waals surface area contributed by atoms with E-state index in [2.05, 4.69) is 13.5 Å². The monoisotopic (exact) mass is 188 g/mol. The van der Waals surface area contributed by atoms with Gasteiger partial charge >= 0.3 is 0 Å². The van der Waals surface area contributed by atoms with E-state index in [0.717, 1.165) is 12.0 Å². The van der Waals surface area contributed by atoms with Crippen LogP contribution in [-0.2, 0) is 0 Å². The fourth-order valence-electron chi connectivity index (χ4n) is 1.25. The SMILES string of the molecule is C=C(C(=O)c1ccccc1)[C@H](C)CC. The van der Waals surface area contributed by atoms with Gasteiger partial charge in [-0.15, -0.1) is 0 Å². The topological polar surface area (TPSA) is 17.1 Å². The van der Waals surface area contributed by atoms with Crippen LogP contribution in [0.2, 0.25) is 0 Å². The summed E-state index contributed by atoms with van der Waals surface area (Å²) < 4.78 is 0. The highest BCUT2D eigenvalue weighted by molar-refractivity contribution is 6.08. The van der Waals surface area contributed by atoms with Crippen LogP contribution in [0.15, 0.2) is 42.5 Å². The zero-order valence-electron chi connectivity index (χ0n) is 8.79. The third-order valence-corrected chi connectivity index (χ3v) is 2.53. The van der Waals surface area contributed by atoms with Gasteiger partial charge in [0, 0.05) is 5.56 Å². The standard InChI is InChI=1S/C13H16O/c1-4-10(2)11(3)13(14)12-8-6-5-7-9-12/h5-10H,3-4H2,1-2H3/t10-/m1/s1. The van der Waals surface area contributed by atoms with Crippen LogP contribution < -0.4 is 0 Å². The number of benzene rings is 1. The fourth-order valence-corrected chi connectivity index (χ4v) is 1.25. The molecule has 0 radical (unpaired) electrons. The molecule has 0 aliphatic rings. The molecule has 0 saturated carbocycles. The minimum atomic E-state index is 0.0694. The molecule has 0 bridgehead atoms. The minimum absolute atomic E-state index is 0.0694. The van der Waals surface area contributed by atoms with Crippen molar-refractivity contribution in [2.45, 2.75) is 20.3 Å². The van der Waals surface area contributed by atoms with Gasteiger partial charge < -0.3 is 0 Å². The van der Waals surface area contributed by atoms with E-state index in [4.69, 9.17) is 0 Å². The average molecular weight is 188 g/mol. The molecule has 0 amide bonds. The van der Waals surface area contributed by atoms with Crippen molar-refractivity contribution in [1.82, 2.24) is 0 Å². The molecule has 1 atom stereocenters. The molecule has 0 heterocycles. The van der Waals surface area contributed by atoms with E-state index < -0.39 is 0 Å². The first kappa shape index (κ1) is 10.7. The molecule has 0 unspecified atom stereocenters. The lowest BCUT2D eigenvalue weighted by Gasteiger charge is -2.10. The highest BCUT2D eigenvalue weighted by Gasteiger charge is 2.14. The minimum Gasteiger partial charge on any atom is -0.289 e. The van der Waals surface area contributed by atoms with Gasteiger partial charge in [0.05, 0.1) is 0 Å². The lowest BCUT2D eigenvalue weighted by atomic mass is 9.93. The van der Waals surface area contributed by atoms with Crippen molar-refractivity contribution in [3.8, 4) is 0 Å². The Morgan fingerprint density at radius 1 is 1.36 bits per heavy atom. The maximum atomic E-state index is 11.8. The quantitative estimate of drug-likeness (QED) is 0.522. The van der Waals surface area contributed by atoms with Crippen LogP contribution >= 0.6 is 0 Å². The summed E-state index contributed by atoms with van der Waals surface area (Å²) >= 11 is 0. The molecule has 0 aliphatic heterocycles. The number of ketones is 1. The van der Waals surface area contributed by atoms with Gasteiger partial charge in [0.15, 0.2) is 5.78 Å². The zero-order chi connectivity index (χ0) is 10.6. The Kier molecular flexibility index (Phi) is 3.63. The van der Waals surface area contributed by atoms with Gasteiger partial charge in [-0.2, -0.15) is 0 Å². The van der Waals surface area contributed by atoms with E-state index in [1.54, 1.807) is 0 Å². The average Bonchev–Trinajstić information content (AvgIpc) is 2.27. The Morgan fingerprint density at radius 3 is 2.43 bits per heavy atom. The smallest absolute Gasteiger partial charge is 0.188 e.